The quantitative estimate of drug-likeness (QED) is 0.415. The fourth-order valence-electron chi connectivity index (χ4n) is 3.14. The van der Waals surface area contributed by atoms with E-state index < -0.39 is 21.7 Å². The zero-order chi connectivity index (χ0) is 26.2. The first kappa shape index (κ1) is 28.4. The summed E-state index contributed by atoms with van der Waals surface area (Å²) in [6, 6.07) is 9.15. The highest BCUT2D eigenvalue weighted by molar-refractivity contribution is 7.92. The van der Waals surface area contributed by atoms with Crippen LogP contribution in [0, 0.1) is 0 Å². The average molecular weight is 529 g/mol. The molecule has 2 aromatic rings. The molecule has 0 saturated heterocycles. The van der Waals surface area contributed by atoms with E-state index in [9.17, 15) is 13.2 Å². The highest BCUT2D eigenvalue weighted by Gasteiger charge is 2.28. The fourth-order valence-corrected chi connectivity index (χ4v) is 4.87. The van der Waals surface area contributed by atoms with Gasteiger partial charge in [-0.3, -0.25) is 4.31 Å². The lowest BCUT2D eigenvalue weighted by molar-refractivity contribution is 0.0527. The number of sulfonamides is 1. The summed E-state index contributed by atoms with van der Waals surface area (Å²) in [6.07, 6.45) is -0.284. The third-order valence-electron chi connectivity index (χ3n) is 4.65. The van der Waals surface area contributed by atoms with Crippen molar-refractivity contribution in [2.45, 2.75) is 44.6 Å². The Bertz CT molecular complexity index is 1100. The summed E-state index contributed by atoms with van der Waals surface area (Å²) < 4.78 is 50.0. The molecule has 0 aromatic heterocycles. The van der Waals surface area contributed by atoms with Gasteiger partial charge in [-0.2, -0.15) is 0 Å². The summed E-state index contributed by atoms with van der Waals surface area (Å²) in [5, 5.41) is 2.92. The van der Waals surface area contributed by atoms with Crippen molar-refractivity contribution in [2.75, 3.05) is 38.2 Å². The molecule has 0 spiro atoms. The van der Waals surface area contributed by atoms with Crippen LogP contribution in [0.3, 0.4) is 0 Å². The number of carbonyl (C=O) groups is 1. The smallest absolute Gasteiger partial charge is 0.407 e. The molecule has 1 N–H and O–H groups in total. The van der Waals surface area contributed by atoms with Crippen LogP contribution in [0.2, 0.25) is 5.02 Å². The van der Waals surface area contributed by atoms with Gasteiger partial charge in [0.25, 0.3) is 10.0 Å². The molecule has 9 nitrogen and oxygen atoms in total. The standard InChI is InChI=1S/C24H33ClN2O7S/c1-7-33-17-9-11-18(12-10-17)35(29,30)27(14-8-13-26-23(28)34-24(2,3)4)20-16-21(31-5)19(25)15-22(20)32-6/h9-12,15-16H,7-8,13-14H2,1-6H3,(H,26,28). The van der Waals surface area contributed by atoms with Gasteiger partial charge in [-0.1, -0.05) is 11.6 Å². The summed E-state index contributed by atoms with van der Waals surface area (Å²) in [5.41, 5.74) is -0.389. The first-order valence-electron chi connectivity index (χ1n) is 11.1. The van der Waals surface area contributed by atoms with E-state index in [1.54, 1.807) is 32.9 Å². The van der Waals surface area contributed by atoms with Crippen LogP contribution in [0.15, 0.2) is 41.3 Å². The van der Waals surface area contributed by atoms with Gasteiger partial charge in [0.05, 0.1) is 36.4 Å². The number of nitrogens with zero attached hydrogens (tertiary/aromatic N) is 1. The molecule has 0 atom stereocenters. The number of methoxy groups -OCH3 is 2. The molecule has 35 heavy (non-hydrogen) atoms. The van der Waals surface area contributed by atoms with E-state index in [1.807, 2.05) is 6.92 Å². The number of alkyl carbamates (subject to hydrolysis) is 1. The predicted molar refractivity (Wildman–Crippen MR) is 136 cm³/mol. The topological polar surface area (TPSA) is 103 Å². The second-order valence-corrected chi connectivity index (χ2v) is 10.7. The Labute approximate surface area is 212 Å². The molecule has 0 radical (unpaired) electrons. The van der Waals surface area contributed by atoms with Crippen LogP contribution in [0.4, 0.5) is 10.5 Å². The Hall–Kier alpha value is -2.85. The molecular formula is C24H33ClN2O7S. The molecule has 0 bridgehead atoms. The molecule has 0 unspecified atom stereocenters. The Morgan fingerprint density at radius 3 is 2.23 bits per heavy atom. The van der Waals surface area contributed by atoms with Crippen LogP contribution in [0.25, 0.3) is 0 Å². The monoisotopic (exact) mass is 528 g/mol. The number of rotatable bonds is 11. The fraction of sp³-hybridized carbons (Fsp3) is 0.458. The molecule has 11 heteroatoms. The summed E-state index contributed by atoms with van der Waals surface area (Å²) >= 11 is 6.23. The van der Waals surface area contributed by atoms with Gasteiger partial charge in [0.1, 0.15) is 22.8 Å². The molecular weight excluding hydrogens is 496 g/mol. The van der Waals surface area contributed by atoms with E-state index >= 15 is 0 Å². The molecule has 2 rings (SSSR count). The minimum Gasteiger partial charge on any atom is -0.495 e. The van der Waals surface area contributed by atoms with Gasteiger partial charge in [-0.25, -0.2) is 13.2 Å². The molecule has 0 fully saturated rings. The summed E-state index contributed by atoms with van der Waals surface area (Å²) in [5.74, 6) is 1.11. The van der Waals surface area contributed by atoms with Gasteiger partial charge < -0.3 is 24.3 Å². The molecule has 0 aliphatic carbocycles. The number of amides is 1. The predicted octanol–water partition coefficient (Wildman–Crippen LogP) is 4.87. The summed E-state index contributed by atoms with van der Waals surface area (Å²) in [7, 11) is -1.17. The van der Waals surface area contributed by atoms with Crippen LogP contribution < -0.4 is 23.8 Å². The van der Waals surface area contributed by atoms with E-state index in [0.29, 0.717) is 24.5 Å². The number of ether oxygens (including phenoxy) is 4. The van der Waals surface area contributed by atoms with Crippen molar-refractivity contribution in [1.82, 2.24) is 5.32 Å². The van der Waals surface area contributed by atoms with Crippen molar-refractivity contribution in [3.05, 3.63) is 41.4 Å². The van der Waals surface area contributed by atoms with Gasteiger partial charge in [-0.15, -0.1) is 0 Å². The molecule has 0 aliphatic rings. The highest BCUT2D eigenvalue weighted by Crippen LogP contribution is 2.40. The van der Waals surface area contributed by atoms with Crippen LogP contribution in [-0.4, -0.2) is 54.0 Å². The minimum atomic E-state index is -4.03. The van der Waals surface area contributed by atoms with E-state index in [1.165, 1.54) is 42.8 Å². The van der Waals surface area contributed by atoms with Crippen molar-refractivity contribution in [3.8, 4) is 17.2 Å². The maximum Gasteiger partial charge on any atom is 0.407 e. The van der Waals surface area contributed by atoms with Gasteiger partial charge in [0.15, 0.2) is 0 Å². The first-order chi connectivity index (χ1) is 16.4. The SMILES string of the molecule is CCOc1ccc(S(=O)(=O)N(CCCNC(=O)OC(C)(C)C)c2cc(OC)c(Cl)cc2OC)cc1. The van der Waals surface area contributed by atoms with Crippen molar-refractivity contribution >= 4 is 33.4 Å². The third-order valence-corrected chi connectivity index (χ3v) is 6.77. The van der Waals surface area contributed by atoms with E-state index in [4.69, 9.17) is 30.5 Å². The zero-order valence-corrected chi connectivity index (χ0v) is 22.5. The number of benzene rings is 2. The van der Waals surface area contributed by atoms with Crippen molar-refractivity contribution in [1.29, 1.82) is 0 Å². The number of halogens is 1. The van der Waals surface area contributed by atoms with Crippen LogP contribution in [0.5, 0.6) is 17.2 Å². The Balaban J connectivity index is 2.38. The van der Waals surface area contributed by atoms with E-state index in [0.717, 1.165) is 0 Å². The van der Waals surface area contributed by atoms with Crippen molar-refractivity contribution < 1.29 is 32.2 Å². The van der Waals surface area contributed by atoms with Gasteiger partial charge in [-0.05, 0) is 58.4 Å². The van der Waals surface area contributed by atoms with Gasteiger partial charge in [0, 0.05) is 25.2 Å². The Morgan fingerprint density at radius 2 is 1.69 bits per heavy atom. The number of anilines is 1. The molecule has 1 amide bonds. The molecule has 0 aliphatic heterocycles. The highest BCUT2D eigenvalue weighted by atomic mass is 35.5. The normalized spacial score (nSPS) is 11.5. The largest absolute Gasteiger partial charge is 0.495 e. The average Bonchev–Trinajstić information content (AvgIpc) is 2.78. The lowest BCUT2D eigenvalue weighted by Crippen LogP contribution is -2.36. The number of hydrogen-bond acceptors (Lipinski definition) is 7. The summed E-state index contributed by atoms with van der Waals surface area (Å²) in [4.78, 5) is 12.0. The Kier molecular flexibility index (Phi) is 9.91. The third kappa shape index (κ3) is 7.83. The van der Waals surface area contributed by atoms with Crippen LogP contribution in [0.1, 0.15) is 34.1 Å². The molecule has 0 heterocycles. The lowest BCUT2D eigenvalue weighted by atomic mass is 10.2. The number of carbonyl (C=O) groups excluding carboxylic acids is 1. The number of nitrogens with one attached hydrogen (secondary N) is 1. The van der Waals surface area contributed by atoms with Crippen molar-refractivity contribution in [3.63, 3.8) is 0 Å². The van der Waals surface area contributed by atoms with Crippen LogP contribution >= 0.6 is 11.6 Å². The van der Waals surface area contributed by atoms with E-state index in [2.05, 4.69) is 5.32 Å². The maximum absolute atomic E-state index is 13.7. The first-order valence-corrected chi connectivity index (χ1v) is 12.9. The minimum absolute atomic E-state index is 0.0342. The van der Waals surface area contributed by atoms with Crippen LogP contribution in [-0.2, 0) is 14.8 Å². The number of hydrogen-bond donors (Lipinski definition) is 1. The Morgan fingerprint density at radius 1 is 1.06 bits per heavy atom. The molecule has 2 aromatic carbocycles. The lowest BCUT2D eigenvalue weighted by Gasteiger charge is -2.27. The maximum atomic E-state index is 13.7. The molecule has 194 valence electrons. The summed E-state index contributed by atoms with van der Waals surface area (Å²) in [6.45, 7) is 7.82. The molecule has 0 saturated carbocycles. The van der Waals surface area contributed by atoms with Crippen molar-refractivity contribution in [2.24, 2.45) is 0 Å². The second-order valence-electron chi connectivity index (χ2n) is 8.42. The van der Waals surface area contributed by atoms with E-state index in [-0.39, 0.29) is 34.4 Å². The zero-order valence-electron chi connectivity index (χ0n) is 20.9. The second kappa shape index (κ2) is 12.2. The van der Waals surface area contributed by atoms with Gasteiger partial charge in [0.2, 0.25) is 0 Å². The van der Waals surface area contributed by atoms with Gasteiger partial charge >= 0.3 is 6.09 Å².